The Morgan fingerprint density at radius 3 is 2.72 bits per heavy atom. The molecule has 1 aromatic carbocycles. The van der Waals surface area contributed by atoms with Crippen molar-refractivity contribution in [2.24, 2.45) is 0 Å². The van der Waals surface area contributed by atoms with Gasteiger partial charge in [0.15, 0.2) is 0 Å². The van der Waals surface area contributed by atoms with Crippen LogP contribution in [0.15, 0.2) is 24.8 Å². The fourth-order valence-corrected chi connectivity index (χ4v) is 2.88. The van der Waals surface area contributed by atoms with Gasteiger partial charge in [-0.3, -0.25) is 0 Å². The minimum Gasteiger partial charge on any atom is -0.456 e. The molecule has 96 valence electrons. The van der Waals surface area contributed by atoms with E-state index in [1.165, 1.54) is 0 Å². The topological polar surface area (TPSA) is 26.3 Å². The van der Waals surface area contributed by atoms with Crippen LogP contribution in [0.1, 0.15) is 48.5 Å². The first-order valence-electron chi connectivity index (χ1n) is 6.19. The van der Waals surface area contributed by atoms with Gasteiger partial charge in [0.05, 0.1) is 5.56 Å². The van der Waals surface area contributed by atoms with Crippen molar-refractivity contribution in [2.45, 2.75) is 38.2 Å². The lowest BCUT2D eigenvalue weighted by molar-refractivity contribution is -0.00611. The Labute approximate surface area is 122 Å². The van der Waals surface area contributed by atoms with Gasteiger partial charge in [-0.25, -0.2) is 4.79 Å². The second kappa shape index (κ2) is 5.43. The third-order valence-corrected chi connectivity index (χ3v) is 4.13. The smallest absolute Gasteiger partial charge is 0.339 e. The molecule has 0 aliphatic heterocycles. The van der Waals surface area contributed by atoms with Crippen LogP contribution in [-0.2, 0) is 4.74 Å². The summed E-state index contributed by atoms with van der Waals surface area (Å²) in [5.41, 5.74) is 1.17. The van der Waals surface area contributed by atoms with Gasteiger partial charge in [-0.05, 0) is 72.9 Å². The lowest BCUT2D eigenvalue weighted by Crippen LogP contribution is -2.28. The van der Waals surface area contributed by atoms with E-state index in [-0.39, 0.29) is 11.6 Å². The van der Waals surface area contributed by atoms with Crippen molar-refractivity contribution in [2.75, 3.05) is 0 Å². The number of rotatable bonds is 3. The summed E-state index contributed by atoms with van der Waals surface area (Å²) in [7, 11) is 0. The molecule has 0 N–H and O–H groups in total. The summed E-state index contributed by atoms with van der Waals surface area (Å²) in [6, 6.07) is 5.73. The fourth-order valence-electron chi connectivity index (χ4n) is 2.39. The first kappa shape index (κ1) is 13.6. The van der Waals surface area contributed by atoms with Gasteiger partial charge in [0.25, 0.3) is 0 Å². The monoisotopic (exact) mass is 356 g/mol. The third-order valence-electron chi connectivity index (χ3n) is 3.46. The summed E-state index contributed by atoms with van der Waals surface area (Å²) in [5.74, 6) is -0.229. The Morgan fingerprint density at radius 2 is 2.11 bits per heavy atom. The average molecular weight is 356 g/mol. The Balaban J connectivity index is 2.23. The van der Waals surface area contributed by atoms with Crippen molar-refractivity contribution in [1.29, 1.82) is 0 Å². The molecule has 1 aliphatic carbocycles. The Kier molecular flexibility index (Phi) is 4.10. The second-order valence-electron chi connectivity index (χ2n) is 4.98. The fraction of sp³-hybridized carbons (Fsp3) is 0.400. The molecule has 3 heteroatoms. The van der Waals surface area contributed by atoms with Crippen molar-refractivity contribution < 1.29 is 9.53 Å². The van der Waals surface area contributed by atoms with Crippen LogP contribution in [0.2, 0.25) is 0 Å². The summed E-state index contributed by atoms with van der Waals surface area (Å²) in [6.07, 6.45) is 5.91. The predicted molar refractivity (Wildman–Crippen MR) is 81.5 cm³/mol. The minimum atomic E-state index is -0.281. The van der Waals surface area contributed by atoms with E-state index in [1.807, 2.05) is 25.1 Å². The number of esters is 1. The standard InChI is InChI=1S/C15H17IO2/c1-3-11-6-7-12(16)10-13(11)14(17)18-15(2)8-4-5-9-15/h3,6-7,10H,1,4-5,8-9H2,2H3. The zero-order chi connectivity index (χ0) is 13.2. The molecule has 18 heavy (non-hydrogen) atoms. The number of benzene rings is 1. The third kappa shape index (κ3) is 2.94. The summed E-state index contributed by atoms with van der Waals surface area (Å²) in [4.78, 5) is 12.3. The highest BCUT2D eigenvalue weighted by Gasteiger charge is 2.33. The molecule has 0 atom stereocenters. The van der Waals surface area contributed by atoms with E-state index in [1.54, 1.807) is 6.08 Å². The van der Waals surface area contributed by atoms with Gasteiger partial charge in [0.1, 0.15) is 5.60 Å². The van der Waals surface area contributed by atoms with E-state index < -0.39 is 0 Å². The molecule has 0 heterocycles. The summed E-state index contributed by atoms with van der Waals surface area (Å²) < 4.78 is 6.72. The van der Waals surface area contributed by atoms with Crippen LogP contribution in [0, 0.1) is 3.57 Å². The molecule has 0 aromatic heterocycles. The summed E-state index contributed by atoms with van der Waals surface area (Å²) in [5, 5.41) is 0. The van der Waals surface area contributed by atoms with E-state index in [4.69, 9.17) is 4.74 Å². The molecule has 0 radical (unpaired) electrons. The van der Waals surface area contributed by atoms with Crippen molar-refractivity contribution in [3.8, 4) is 0 Å². The molecular formula is C15H17IO2. The maximum atomic E-state index is 12.3. The Hall–Kier alpha value is -0.840. The quantitative estimate of drug-likeness (QED) is 0.592. The van der Waals surface area contributed by atoms with Crippen LogP contribution < -0.4 is 0 Å². The van der Waals surface area contributed by atoms with Gasteiger partial charge < -0.3 is 4.74 Å². The molecule has 0 bridgehead atoms. The number of ether oxygens (including phenoxy) is 1. The molecule has 0 unspecified atom stereocenters. The van der Waals surface area contributed by atoms with Crippen molar-refractivity contribution in [3.05, 3.63) is 39.5 Å². The molecule has 1 fully saturated rings. The minimum absolute atomic E-state index is 0.229. The second-order valence-corrected chi connectivity index (χ2v) is 6.23. The van der Waals surface area contributed by atoms with Gasteiger partial charge in [-0.2, -0.15) is 0 Å². The predicted octanol–water partition coefficient (Wildman–Crippen LogP) is 4.42. The highest BCUT2D eigenvalue weighted by molar-refractivity contribution is 14.1. The van der Waals surface area contributed by atoms with Crippen LogP contribution >= 0.6 is 22.6 Å². The van der Waals surface area contributed by atoms with Crippen LogP contribution in [0.5, 0.6) is 0 Å². The van der Waals surface area contributed by atoms with Crippen molar-refractivity contribution >= 4 is 34.6 Å². The van der Waals surface area contributed by atoms with Crippen LogP contribution in [0.25, 0.3) is 6.08 Å². The van der Waals surface area contributed by atoms with E-state index >= 15 is 0 Å². The van der Waals surface area contributed by atoms with E-state index in [0.717, 1.165) is 34.8 Å². The molecule has 1 aliphatic rings. The molecule has 2 nitrogen and oxygen atoms in total. The Morgan fingerprint density at radius 1 is 1.44 bits per heavy atom. The van der Waals surface area contributed by atoms with E-state index in [2.05, 4.69) is 29.2 Å². The zero-order valence-electron chi connectivity index (χ0n) is 10.5. The SMILES string of the molecule is C=Cc1ccc(I)cc1C(=O)OC1(C)CCCC1. The van der Waals surface area contributed by atoms with Gasteiger partial charge in [-0.15, -0.1) is 0 Å². The highest BCUT2D eigenvalue weighted by Crippen LogP contribution is 2.33. The van der Waals surface area contributed by atoms with Gasteiger partial charge in [-0.1, -0.05) is 18.7 Å². The van der Waals surface area contributed by atoms with E-state index in [0.29, 0.717) is 5.56 Å². The van der Waals surface area contributed by atoms with Crippen LogP contribution in [0.3, 0.4) is 0 Å². The van der Waals surface area contributed by atoms with E-state index in [9.17, 15) is 4.79 Å². The van der Waals surface area contributed by atoms with Crippen molar-refractivity contribution in [3.63, 3.8) is 0 Å². The molecule has 2 rings (SSSR count). The lowest BCUT2D eigenvalue weighted by Gasteiger charge is -2.24. The molecule has 1 saturated carbocycles. The summed E-state index contributed by atoms with van der Waals surface area (Å²) >= 11 is 2.20. The maximum absolute atomic E-state index is 12.3. The van der Waals surface area contributed by atoms with Gasteiger partial charge in [0, 0.05) is 3.57 Å². The average Bonchev–Trinajstić information content (AvgIpc) is 2.75. The van der Waals surface area contributed by atoms with Crippen LogP contribution in [-0.4, -0.2) is 11.6 Å². The first-order valence-corrected chi connectivity index (χ1v) is 7.27. The summed E-state index contributed by atoms with van der Waals surface area (Å²) in [6.45, 7) is 5.77. The number of hydrogen-bond acceptors (Lipinski definition) is 2. The number of carbonyl (C=O) groups is 1. The Bertz CT molecular complexity index is 473. The number of carbonyl (C=O) groups excluding carboxylic acids is 1. The normalized spacial score (nSPS) is 17.4. The zero-order valence-corrected chi connectivity index (χ0v) is 12.7. The van der Waals surface area contributed by atoms with Crippen molar-refractivity contribution in [1.82, 2.24) is 0 Å². The molecule has 1 aromatic rings. The molecule has 0 amide bonds. The number of halogens is 1. The van der Waals surface area contributed by atoms with Crippen LogP contribution in [0.4, 0.5) is 0 Å². The van der Waals surface area contributed by atoms with Gasteiger partial charge in [0.2, 0.25) is 0 Å². The van der Waals surface area contributed by atoms with Gasteiger partial charge >= 0.3 is 5.97 Å². The largest absolute Gasteiger partial charge is 0.456 e. The first-order chi connectivity index (χ1) is 8.54. The molecule has 0 spiro atoms. The highest BCUT2D eigenvalue weighted by atomic mass is 127. The molecular weight excluding hydrogens is 339 g/mol. The lowest BCUT2D eigenvalue weighted by atomic mass is 10.0. The number of hydrogen-bond donors (Lipinski definition) is 0. The maximum Gasteiger partial charge on any atom is 0.339 e. The molecule has 0 saturated heterocycles.